The predicted molar refractivity (Wildman–Crippen MR) is 89.6 cm³/mol. The summed E-state index contributed by atoms with van der Waals surface area (Å²) in [5.41, 5.74) is 1.08. The third-order valence-electron chi connectivity index (χ3n) is 2.86. The van der Waals surface area contributed by atoms with Crippen molar-refractivity contribution in [1.29, 1.82) is 0 Å². The molecule has 0 unspecified atom stereocenters. The molecule has 4 nitrogen and oxygen atoms in total. The van der Waals surface area contributed by atoms with Crippen LogP contribution in [0, 0.1) is 6.57 Å². The Kier molecular flexibility index (Phi) is 5.86. The molecule has 0 atom stereocenters. The maximum atomic E-state index is 11.5. The fourth-order valence-electron chi connectivity index (χ4n) is 1.91. The molecule has 0 fully saturated rings. The Bertz CT molecular complexity index is 769. The molecule has 6 heteroatoms. The molecule has 2 aromatic rings. The Labute approximate surface area is 144 Å². The predicted octanol–water partition coefficient (Wildman–Crippen LogP) is 5.44. The minimum Gasteiger partial charge on any atom is -0.466 e. The molecule has 0 aliphatic carbocycles. The second-order valence-corrected chi connectivity index (χ2v) is 5.45. The van der Waals surface area contributed by atoms with Crippen molar-refractivity contribution in [3.63, 3.8) is 0 Å². The first-order valence-corrected chi connectivity index (χ1v) is 7.57. The van der Waals surface area contributed by atoms with Gasteiger partial charge in [0.05, 0.1) is 24.6 Å². The van der Waals surface area contributed by atoms with Crippen LogP contribution in [0.25, 0.3) is 4.85 Å². The molecule has 0 radical (unpaired) electrons. The average Bonchev–Trinajstić information content (AvgIpc) is 2.50. The van der Waals surface area contributed by atoms with E-state index in [1.165, 1.54) is 0 Å². The highest BCUT2D eigenvalue weighted by atomic mass is 35.5. The zero-order chi connectivity index (χ0) is 16.8. The van der Waals surface area contributed by atoms with Gasteiger partial charge in [0, 0.05) is 5.02 Å². The number of carbonyl (C=O) groups excluding carboxylic acids is 1. The van der Waals surface area contributed by atoms with Gasteiger partial charge in [-0.1, -0.05) is 29.3 Å². The van der Waals surface area contributed by atoms with Gasteiger partial charge in [-0.25, -0.2) is 4.85 Å². The number of halogens is 2. The number of esters is 1. The quantitative estimate of drug-likeness (QED) is 0.532. The molecule has 0 heterocycles. The Morgan fingerprint density at radius 3 is 2.70 bits per heavy atom. The standard InChI is InChI=1S/C17H13Cl2NO3/c1-3-22-17(21)7-11-4-5-15(19)16(6-11)23-14-9-12(18)8-13(10-14)20-2/h4-6,8-10H,3,7H2,1H3. The molecule has 0 amide bonds. The monoisotopic (exact) mass is 349 g/mol. The first-order chi connectivity index (χ1) is 11.0. The van der Waals surface area contributed by atoms with Crippen LogP contribution in [0.15, 0.2) is 36.4 Å². The van der Waals surface area contributed by atoms with E-state index < -0.39 is 0 Å². The van der Waals surface area contributed by atoms with Gasteiger partial charge in [0.25, 0.3) is 0 Å². The van der Waals surface area contributed by atoms with E-state index in [0.717, 1.165) is 5.56 Å². The van der Waals surface area contributed by atoms with Crippen molar-refractivity contribution in [2.24, 2.45) is 0 Å². The maximum absolute atomic E-state index is 11.5. The molecule has 2 rings (SSSR count). The first kappa shape index (κ1) is 17.1. The summed E-state index contributed by atoms with van der Waals surface area (Å²) in [7, 11) is 0. The topological polar surface area (TPSA) is 39.9 Å². The summed E-state index contributed by atoms with van der Waals surface area (Å²) >= 11 is 12.1. The summed E-state index contributed by atoms with van der Waals surface area (Å²) in [4.78, 5) is 14.9. The van der Waals surface area contributed by atoms with Crippen molar-refractivity contribution in [2.75, 3.05) is 6.61 Å². The van der Waals surface area contributed by atoms with Crippen molar-refractivity contribution < 1.29 is 14.3 Å². The van der Waals surface area contributed by atoms with Crippen molar-refractivity contribution >= 4 is 34.9 Å². The van der Waals surface area contributed by atoms with Crippen molar-refractivity contribution in [1.82, 2.24) is 0 Å². The Morgan fingerprint density at radius 2 is 2.00 bits per heavy atom. The van der Waals surface area contributed by atoms with E-state index in [4.69, 9.17) is 39.2 Å². The lowest BCUT2D eigenvalue weighted by molar-refractivity contribution is -0.142. The molecule has 0 aliphatic heterocycles. The third kappa shape index (κ3) is 4.88. The van der Waals surface area contributed by atoms with Gasteiger partial charge in [-0.15, -0.1) is 0 Å². The van der Waals surface area contributed by atoms with E-state index in [-0.39, 0.29) is 12.4 Å². The van der Waals surface area contributed by atoms with Crippen LogP contribution in [0.2, 0.25) is 10.0 Å². The summed E-state index contributed by atoms with van der Waals surface area (Å²) < 4.78 is 10.6. The SMILES string of the molecule is [C-]#[N+]c1cc(Cl)cc(Oc2cc(CC(=O)OCC)ccc2Cl)c1. The van der Waals surface area contributed by atoms with Crippen LogP contribution in [0.5, 0.6) is 11.5 Å². The summed E-state index contributed by atoms with van der Waals surface area (Å²) in [6.45, 7) is 9.13. The second-order valence-electron chi connectivity index (χ2n) is 4.61. The molecular formula is C17H13Cl2NO3. The van der Waals surface area contributed by atoms with Gasteiger partial charge in [0.15, 0.2) is 5.69 Å². The number of ether oxygens (including phenoxy) is 2. The van der Waals surface area contributed by atoms with Crippen LogP contribution in [-0.4, -0.2) is 12.6 Å². The molecule has 0 saturated heterocycles. The highest BCUT2D eigenvalue weighted by molar-refractivity contribution is 6.32. The fourth-order valence-corrected chi connectivity index (χ4v) is 2.29. The number of rotatable bonds is 5. The zero-order valence-corrected chi connectivity index (χ0v) is 13.8. The van der Waals surface area contributed by atoms with Crippen molar-refractivity contribution in [3.8, 4) is 11.5 Å². The number of nitrogens with zero attached hydrogens (tertiary/aromatic N) is 1. The Morgan fingerprint density at radius 1 is 1.22 bits per heavy atom. The first-order valence-electron chi connectivity index (χ1n) is 6.81. The van der Waals surface area contributed by atoms with E-state index in [2.05, 4.69) is 4.85 Å². The minimum absolute atomic E-state index is 0.129. The van der Waals surface area contributed by atoms with Gasteiger partial charge in [-0.2, -0.15) is 0 Å². The van der Waals surface area contributed by atoms with Crippen LogP contribution in [0.1, 0.15) is 12.5 Å². The van der Waals surface area contributed by atoms with Crippen LogP contribution >= 0.6 is 23.2 Å². The highest BCUT2D eigenvalue weighted by Crippen LogP contribution is 2.34. The molecular weight excluding hydrogens is 337 g/mol. The van der Waals surface area contributed by atoms with Crippen molar-refractivity contribution in [3.05, 3.63) is 63.4 Å². The average molecular weight is 350 g/mol. The van der Waals surface area contributed by atoms with Crippen LogP contribution in [-0.2, 0) is 16.0 Å². The van der Waals surface area contributed by atoms with Gasteiger partial charge in [0.2, 0.25) is 0 Å². The second kappa shape index (κ2) is 7.87. The third-order valence-corrected chi connectivity index (χ3v) is 3.39. The summed E-state index contributed by atoms with van der Waals surface area (Å²) in [5, 5.41) is 0.786. The number of hydrogen-bond donors (Lipinski definition) is 0. The lowest BCUT2D eigenvalue weighted by atomic mass is 10.1. The molecule has 0 aliphatic rings. The number of hydrogen-bond acceptors (Lipinski definition) is 3. The number of benzene rings is 2. The van der Waals surface area contributed by atoms with E-state index >= 15 is 0 Å². The molecule has 0 spiro atoms. The molecule has 0 saturated carbocycles. The van der Waals surface area contributed by atoms with Gasteiger partial charge >= 0.3 is 5.97 Å². The summed E-state index contributed by atoms with van der Waals surface area (Å²) in [5.74, 6) is 0.462. The van der Waals surface area contributed by atoms with Gasteiger partial charge < -0.3 is 9.47 Å². The molecule has 23 heavy (non-hydrogen) atoms. The van der Waals surface area contributed by atoms with E-state index in [1.807, 2.05) is 0 Å². The lowest BCUT2D eigenvalue weighted by Crippen LogP contribution is -2.07. The lowest BCUT2D eigenvalue weighted by Gasteiger charge is -2.10. The normalized spacial score (nSPS) is 10.0. The Hall–Kier alpha value is -2.22. The van der Waals surface area contributed by atoms with E-state index in [9.17, 15) is 4.79 Å². The summed E-state index contributed by atoms with van der Waals surface area (Å²) in [6.07, 6.45) is 0.129. The Balaban J connectivity index is 2.24. The van der Waals surface area contributed by atoms with Gasteiger partial charge in [0.1, 0.15) is 11.5 Å². The summed E-state index contributed by atoms with van der Waals surface area (Å²) in [6, 6.07) is 9.73. The fraction of sp³-hybridized carbons (Fsp3) is 0.176. The number of carbonyl (C=O) groups is 1. The van der Waals surface area contributed by atoms with Crippen LogP contribution < -0.4 is 4.74 Å². The molecule has 2 aromatic carbocycles. The van der Waals surface area contributed by atoms with Crippen molar-refractivity contribution in [2.45, 2.75) is 13.3 Å². The van der Waals surface area contributed by atoms with Crippen LogP contribution in [0.4, 0.5) is 5.69 Å². The molecule has 0 aromatic heterocycles. The molecule has 118 valence electrons. The van der Waals surface area contributed by atoms with Gasteiger partial charge in [-0.05, 0) is 42.8 Å². The van der Waals surface area contributed by atoms with Gasteiger partial charge in [-0.3, -0.25) is 4.79 Å². The highest BCUT2D eigenvalue weighted by Gasteiger charge is 2.10. The van der Waals surface area contributed by atoms with Crippen LogP contribution in [0.3, 0.4) is 0 Å². The zero-order valence-electron chi connectivity index (χ0n) is 12.3. The van der Waals surface area contributed by atoms with E-state index in [1.54, 1.807) is 43.3 Å². The smallest absolute Gasteiger partial charge is 0.310 e. The molecule has 0 bridgehead atoms. The minimum atomic E-state index is -0.321. The largest absolute Gasteiger partial charge is 0.466 e. The van der Waals surface area contributed by atoms with E-state index in [0.29, 0.717) is 33.8 Å². The maximum Gasteiger partial charge on any atom is 0.310 e. The molecule has 0 N–H and O–H groups in total.